The molecule has 1 aliphatic heterocycles. The van der Waals surface area contributed by atoms with Gasteiger partial charge in [0, 0.05) is 42.7 Å². The Morgan fingerprint density at radius 2 is 1.06 bits per heavy atom. The minimum Gasteiger partial charge on any atom is -0.456 e. The molecular formula is C50H31NO2S. The van der Waals surface area contributed by atoms with E-state index in [-0.39, 0.29) is 0 Å². The van der Waals surface area contributed by atoms with E-state index in [1.54, 1.807) is 0 Å². The average molecular weight is 710 g/mol. The molecule has 0 radical (unpaired) electrons. The molecule has 54 heavy (non-hydrogen) atoms. The van der Waals surface area contributed by atoms with Gasteiger partial charge in [-0.2, -0.15) is 0 Å². The lowest BCUT2D eigenvalue weighted by Gasteiger charge is -2.40. The van der Waals surface area contributed by atoms with Crippen molar-refractivity contribution in [2.24, 2.45) is 0 Å². The number of rotatable bonds is 3. The van der Waals surface area contributed by atoms with Crippen LogP contribution in [0.3, 0.4) is 0 Å². The molecule has 2 aliphatic rings. The molecule has 0 atom stereocenters. The maximum Gasteiger partial charge on any atom is 0.159 e. The highest BCUT2D eigenvalue weighted by Gasteiger charge is 2.50. The highest BCUT2D eigenvalue weighted by atomic mass is 32.2. The second kappa shape index (κ2) is 11.0. The normalized spacial score (nSPS) is 13.7. The fraction of sp³-hybridized carbons (Fsp3) is 0.0400. The minimum absolute atomic E-state index is 0.527. The summed E-state index contributed by atoms with van der Waals surface area (Å²) in [4.78, 5) is 4.85. The highest BCUT2D eigenvalue weighted by molar-refractivity contribution is 7.99. The zero-order valence-corrected chi connectivity index (χ0v) is 30.2. The van der Waals surface area contributed by atoms with Crippen LogP contribution in [0, 0.1) is 6.92 Å². The van der Waals surface area contributed by atoms with Crippen LogP contribution < -0.4 is 4.90 Å². The van der Waals surface area contributed by atoms with Crippen LogP contribution in [-0.2, 0) is 5.41 Å². The molecule has 0 amide bonds. The third-order valence-electron chi connectivity index (χ3n) is 11.7. The number of anilines is 3. The summed E-state index contributed by atoms with van der Waals surface area (Å²) in [6, 6.07) is 61.6. The zero-order valence-electron chi connectivity index (χ0n) is 29.3. The average Bonchev–Trinajstić information content (AvgIpc) is 3.87. The van der Waals surface area contributed by atoms with E-state index in [4.69, 9.17) is 8.83 Å². The Labute approximate surface area is 316 Å². The molecule has 8 aromatic carbocycles. The van der Waals surface area contributed by atoms with Gasteiger partial charge in [0.1, 0.15) is 16.7 Å². The predicted octanol–water partition coefficient (Wildman–Crippen LogP) is 14.1. The fourth-order valence-electron chi connectivity index (χ4n) is 9.38. The second-order valence-electron chi connectivity index (χ2n) is 14.4. The SMILES string of the molecule is Cc1ccccc1N(c1ccc2c(c1)Sc1cc3c(cc1C21c2ccccc2-c2ccccc21)oc1ccccc13)c1cccc2c1oc1ccccc12. The van der Waals surface area contributed by atoms with E-state index in [1.165, 1.54) is 48.7 Å². The summed E-state index contributed by atoms with van der Waals surface area (Å²) in [5, 5.41) is 4.51. The number of para-hydroxylation sites is 4. The molecule has 2 aromatic heterocycles. The van der Waals surface area contributed by atoms with E-state index < -0.39 is 5.41 Å². The topological polar surface area (TPSA) is 29.5 Å². The van der Waals surface area contributed by atoms with Crippen LogP contribution in [0.15, 0.2) is 188 Å². The van der Waals surface area contributed by atoms with Gasteiger partial charge in [0.15, 0.2) is 5.58 Å². The summed E-state index contributed by atoms with van der Waals surface area (Å²) in [7, 11) is 0. The molecule has 4 heteroatoms. The molecule has 12 rings (SSSR count). The molecule has 254 valence electrons. The first-order valence-electron chi connectivity index (χ1n) is 18.4. The maximum atomic E-state index is 6.67. The first kappa shape index (κ1) is 30.0. The van der Waals surface area contributed by atoms with Crippen LogP contribution in [0.25, 0.3) is 55.0 Å². The summed E-state index contributed by atoms with van der Waals surface area (Å²) < 4.78 is 13.3. The van der Waals surface area contributed by atoms with Gasteiger partial charge in [-0.15, -0.1) is 0 Å². The van der Waals surface area contributed by atoms with Crippen molar-refractivity contribution in [3.05, 3.63) is 198 Å². The molecule has 1 spiro atoms. The van der Waals surface area contributed by atoms with Crippen LogP contribution in [0.5, 0.6) is 0 Å². The lowest BCUT2D eigenvalue weighted by Crippen LogP contribution is -2.32. The van der Waals surface area contributed by atoms with Crippen LogP contribution in [0.1, 0.15) is 27.8 Å². The van der Waals surface area contributed by atoms with Crippen molar-refractivity contribution in [3.63, 3.8) is 0 Å². The van der Waals surface area contributed by atoms with Gasteiger partial charge in [-0.25, -0.2) is 0 Å². The van der Waals surface area contributed by atoms with Gasteiger partial charge in [-0.1, -0.05) is 133 Å². The van der Waals surface area contributed by atoms with Crippen LogP contribution >= 0.6 is 11.8 Å². The van der Waals surface area contributed by atoms with Gasteiger partial charge in [0.2, 0.25) is 0 Å². The largest absolute Gasteiger partial charge is 0.456 e. The summed E-state index contributed by atoms with van der Waals surface area (Å²) in [5.74, 6) is 0. The van der Waals surface area contributed by atoms with Gasteiger partial charge in [0.05, 0.1) is 11.1 Å². The van der Waals surface area contributed by atoms with Crippen LogP contribution in [-0.4, -0.2) is 0 Å². The van der Waals surface area contributed by atoms with Crippen molar-refractivity contribution in [2.75, 3.05) is 4.90 Å². The lowest BCUT2D eigenvalue weighted by molar-refractivity contribution is 0.662. The van der Waals surface area contributed by atoms with Crippen molar-refractivity contribution in [1.82, 2.24) is 0 Å². The molecule has 1 aliphatic carbocycles. The third-order valence-corrected chi connectivity index (χ3v) is 12.8. The molecule has 0 fully saturated rings. The van der Waals surface area contributed by atoms with Gasteiger partial charge < -0.3 is 13.7 Å². The van der Waals surface area contributed by atoms with E-state index in [2.05, 4.69) is 170 Å². The summed E-state index contributed by atoms with van der Waals surface area (Å²) in [5.41, 5.74) is 15.2. The number of nitrogens with zero attached hydrogens (tertiary/aromatic N) is 1. The van der Waals surface area contributed by atoms with Crippen LogP contribution in [0.4, 0.5) is 17.1 Å². The van der Waals surface area contributed by atoms with Gasteiger partial charge in [-0.05, 0) is 94.4 Å². The molecule has 3 nitrogen and oxygen atoms in total. The number of benzene rings is 8. The molecule has 0 saturated carbocycles. The zero-order chi connectivity index (χ0) is 35.5. The fourth-order valence-corrected chi connectivity index (χ4v) is 10.6. The number of fused-ring (bicyclic) bond motifs is 15. The Morgan fingerprint density at radius 1 is 0.444 bits per heavy atom. The standard InChI is InChI=1S/C50H31NO2S/c1-30-13-2-9-21-42(30)51(43-22-12-18-36-34-16-5-11-24-45(34)53-49(36)43)31-25-26-40-47(27-31)54-48-28-37-35-17-6-10-23-44(35)52-46(37)29-41(48)50(40)38-19-7-3-14-32(38)33-15-4-8-20-39(33)50/h2-29H,1H3. The number of furan rings is 2. The first-order valence-corrected chi connectivity index (χ1v) is 19.2. The summed E-state index contributed by atoms with van der Waals surface area (Å²) in [6.07, 6.45) is 0. The molecule has 0 saturated heterocycles. The van der Waals surface area contributed by atoms with Gasteiger partial charge >= 0.3 is 0 Å². The van der Waals surface area contributed by atoms with Crippen molar-refractivity contribution >= 4 is 72.7 Å². The molecule has 0 bridgehead atoms. The minimum atomic E-state index is -0.527. The van der Waals surface area contributed by atoms with Crippen molar-refractivity contribution < 1.29 is 8.83 Å². The monoisotopic (exact) mass is 709 g/mol. The Morgan fingerprint density at radius 3 is 1.83 bits per heavy atom. The Balaban J connectivity index is 1.16. The Kier molecular flexibility index (Phi) is 6.12. The first-order chi connectivity index (χ1) is 26.7. The Bertz CT molecular complexity index is 3140. The van der Waals surface area contributed by atoms with Crippen molar-refractivity contribution in [1.29, 1.82) is 0 Å². The van der Waals surface area contributed by atoms with E-state index in [0.717, 1.165) is 60.9 Å². The smallest absolute Gasteiger partial charge is 0.159 e. The van der Waals surface area contributed by atoms with Crippen molar-refractivity contribution in [2.45, 2.75) is 22.1 Å². The molecular weight excluding hydrogens is 679 g/mol. The quantitative estimate of drug-likeness (QED) is 0.183. The number of hydrogen-bond donors (Lipinski definition) is 0. The maximum absolute atomic E-state index is 6.67. The van der Waals surface area contributed by atoms with E-state index in [9.17, 15) is 0 Å². The molecule has 10 aromatic rings. The number of aryl methyl sites for hydroxylation is 1. The summed E-state index contributed by atoms with van der Waals surface area (Å²) in [6.45, 7) is 2.19. The van der Waals surface area contributed by atoms with E-state index in [0.29, 0.717) is 0 Å². The lowest BCUT2D eigenvalue weighted by atomic mass is 9.67. The van der Waals surface area contributed by atoms with Crippen LogP contribution in [0.2, 0.25) is 0 Å². The third kappa shape index (κ3) is 3.93. The Hall–Kier alpha value is -6.49. The van der Waals surface area contributed by atoms with Crippen molar-refractivity contribution in [3.8, 4) is 11.1 Å². The highest BCUT2D eigenvalue weighted by Crippen LogP contribution is 2.63. The van der Waals surface area contributed by atoms with Gasteiger partial charge in [0.25, 0.3) is 0 Å². The van der Waals surface area contributed by atoms with E-state index >= 15 is 0 Å². The van der Waals surface area contributed by atoms with Gasteiger partial charge in [-0.3, -0.25) is 0 Å². The number of hydrogen-bond acceptors (Lipinski definition) is 4. The second-order valence-corrected chi connectivity index (χ2v) is 15.5. The summed E-state index contributed by atoms with van der Waals surface area (Å²) >= 11 is 1.86. The van der Waals surface area contributed by atoms with E-state index in [1.807, 2.05) is 23.9 Å². The molecule has 3 heterocycles. The molecule has 0 N–H and O–H groups in total. The predicted molar refractivity (Wildman–Crippen MR) is 222 cm³/mol. The molecule has 0 unspecified atom stereocenters.